The summed E-state index contributed by atoms with van der Waals surface area (Å²) in [6.07, 6.45) is 4.10. The Morgan fingerprint density at radius 1 is 1.21 bits per heavy atom. The van der Waals surface area contributed by atoms with E-state index in [2.05, 4.69) is 36.2 Å². The lowest BCUT2D eigenvalue weighted by molar-refractivity contribution is 0.0687. The van der Waals surface area contributed by atoms with Crippen LogP contribution in [0.15, 0.2) is 28.8 Å². The molecule has 152 valence electrons. The third-order valence-electron chi connectivity index (χ3n) is 5.24. The van der Waals surface area contributed by atoms with Gasteiger partial charge in [-0.3, -0.25) is 4.79 Å². The van der Waals surface area contributed by atoms with E-state index >= 15 is 0 Å². The van der Waals surface area contributed by atoms with Crippen molar-refractivity contribution in [3.63, 3.8) is 0 Å². The van der Waals surface area contributed by atoms with Gasteiger partial charge in [-0.1, -0.05) is 38.1 Å². The first kappa shape index (κ1) is 20.5. The zero-order valence-electron chi connectivity index (χ0n) is 17.5. The van der Waals surface area contributed by atoms with Crippen LogP contribution in [0.1, 0.15) is 56.3 Å². The van der Waals surface area contributed by atoms with Crippen molar-refractivity contribution in [2.45, 2.75) is 46.5 Å². The van der Waals surface area contributed by atoms with Gasteiger partial charge < -0.3 is 14.7 Å². The van der Waals surface area contributed by atoms with Crippen LogP contribution in [0.2, 0.25) is 0 Å². The molecule has 1 amide bonds. The maximum Gasteiger partial charge on any atom is 0.253 e. The molecule has 2 heterocycles. The second kappa shape index (κ2) is 8.86. The van der Waals surface area contributed by atoms with Crippen LogP contribution in [0.25, 0.3) is 11.4 Å². The Hall–Kier alpha value is -2.21. The zero-order valence-corrected chi connectivity index (χ0v) is 17.5. The van der Waals surface area contributed by atoms with Crippen LogP contribution < -0.4 is 5.32 Å². The first-order valence-electron chi connectivity index (χ1n) is 10.2. The summed E-state index contributed by atoms with van der Waals surface area (Å²) in [6.45, 7) is 9.15. The number of aromatic nitrogens is 2. The summed E-state index contributed by atoms with van der Waals surface area (Å²) < 4.78 is 5.37. The van der Waals surface area contributed by atoms with E-state index in [1.807, 2.05) is 36.2 Å². The highest BCUT2D eigenvalue weighted by atomic mass is 16.5. The van der Waals surface area contributed by atoms with E-state index in [-0.39, 0.29) is 11.3 Å². The minimum Gasteiger partial charge on any atom is -0.339 e. The highest BCUT2D eigenvalue weighted by Gasteiger charge is 2.23. The lowest BCUT2D eigenvalue weighted by atomic mass is 9.92. The van der Waals surface area contributed by atoms with E-state index in [0.717, 1.165) is 55.9 Å². The summed E-state index contributed by atoms with van der Waals surface area (Å²) in [6, 6.07) is 7.53. The molecule has 0 radical (unpaired) electrons. The van der Waals surface area contributed by atoms with Gasteiger partial charge in [-0.15, -0.1) is 0 Å². The third-order valence-corrected chi connectivity index (χ3v) is 5.24. The number of hydrogen-bond donors (Lipinski definition) is 1. The number of benzene rings is 1. The number of nitrogens with zero attached hydrogens (tertiary/aromatic N) is 3. The molecule has 0 saturated carbocycles. The number of rotatable bonds is 6. The molecule has 1 fully saturated rings. The molecule has 1 aromatic heterocycles. The fourth-order valence-electron chi connectivity index (χ4n) is 3.62. The quantitative estimate of drug-likeness (QED) is 0.820. The average molecular weight is 385 g/mol. The van der Waals surface area contributed by atoms with Gasteiger partial charge in [0.1, 0.15) is 0 Å². The normalized spacial score (nSPS) is 15.8. The molecule has 1 aromatic carbocycles. The Bertz CT molecular complexity index is 769. The van der Waals surface area contributed by atoms with Crippen molar-refractivity contribution in [2.24, 2.45) is 11.3 Å². The van der Waals surface area contributed by atoms with Crippen molar-refractivity contribution in [3.8, 4) is 11.4 Å². The van der Waals surface area contributed by atoms with Gasteiger partial charge in [0.15, 0.2) is 0 Å². The van der Waals surface area contributed by atoms with Gasteiger partial charge in [0.2, 0.25) is 11.7 Å². The molecule has 1 aliphatic rings. The number of likely N-dealkylation sites (tertiary alicyclic amines) is 1. The molecule has 1 aliphatic heterocycles. The zero-order chi connectivity index (χ0) is 20.1. The van der Waals surface area contributed by atoms with Crippen molar-refractivity contribution in [1.29, 1.82) is 0 Å². The highest BCUT2D eigenvalue weighted by molar-refractivity contribution is 5.94. The number of carbonyl (C=O) groups excluding carboxylic acids is 1. The monoisotopic (exact) mass is 384 g/mol. The van der Waals surface area contributed by atoms with Crippen LogP contribution in [0, 0.1) is 11.3 Å². The van der Waals surface area contributed by atoms with Gasteiger partial charge in [-0.05, 0) is 56.3 Å². The molecule has 3 rings (SSSR count). The van der Waals surface area contributed by atoms with Crippen molar-refractivity contribution in [2.75, 3.05) is 26.7 Å². The summed E-state index contributed by atoms with van der Waals surface area (Å²) >= 11 is 0. The molecule has 6 nitrogen and oxygen atoms in total. The van der Waals surface area contributed by atoms with E-state index in [1.54, 1.807) is 0 Å². The summed E-state index contributed by atoms with van der Waals surface area (Å²) in [7, 11) is 1.99. The average Bonchev–Trinajstić information content (AvgIpc) is 3.13. The number of carbonyl (C=O) groups is 1. The Morgan fingerprint density at radius 3 is 2.50 bits per heavy atom. The van der Waals surface area contributed by atoms with Crippen LogP contribution in [0.3, 0.4) is 0 Å². The fourth-order valence-corrected chi connectivity index (χ4v) is 3.62. The van der Waals surface area contributed by atoms with E-state index in [9.17, 15) is 4.79 Å². The molecule has 28 heavy (non-hydrogen) atoms. The van der Waals surface area contributed by atoms with E-state index in [1.165, 1.54) is 6.42 Å². The molecule has 0 atom stereocenters. The number of nitrogens with one attached hydrogen (secondary N) is 1. The second-order valence-corrected chi connectivity index (χ2v) is 8.95. The Kier molecular flexibility index (Phi) is 6.50. The van der Waals surface area contributed by atoms with Crippen LogP contribution in [-0.4, -0.2) is 47.6 Å². The van der Waals surface area contributed by atoms with Crippen LogP contribution in [0.4, 0.5) is 0 Å². The molecule has 1 saturated heterocycles. The fraction of sp³-hybridized carbons (Fsp3) is 0.591. The minimum atomic E-state index is 0.0978. The smallest absolute Gasteiger partial charge is 0.253 e. The SMILES string of the molecule is CNCCC1CCN(C(=O)c2ccc(-c3noc(CC(C)(C)C)n3)cc2)CC1. The van der Waals surface area contributed by atoms with Crippen LogP contribution >= 0.6 is 0 Å². The number of hydrogen-bond acceptors (Lipinski definition) is 5. The maximum atomic E-state index is 12.8. The van der Waals surface area contributed by atoms with Gasteiger partial charge in [0.05, 0.1) is 0 Å². The number of amides is 1. The van der Waals surface area contributed by atoms with Gasteiger partial charge in [-0.2, -0.15) is 4.98 Å². The maximum absolute atomic E-state index is 12.8. The predicted octanol–water partition coefficient (Wildman–Crippen LogP) is 3.79. The summed E-state index contributed by atoms with van der Waals surface area (Å²) in [4.78, 5) is 19.3. The van der Waals surface area contributed by atoms with E-state index in [0.29, 0.717) is 11.7 Å². The topological polar surface area (TPSA) is 71.3 Å². The van der Waals surface area contributed by atoms with E-state index < -0.39 is 0 Å². The molecule has 0 spiro atoms. The third kappa shape index (κ3) is 5.41. The lowest BCUT2D eigenvalue weighted by Crippen LogP contribution is -2.38. The summed E-state index contributed by atoms with van der Waals surface area (Å²) in [5, 5.41) is 7.29. The highest BCUT2D eigenvalue weighted by Crippen LogP contribution is 2.24. The Balaban J connectivity index is 1.59. The van der Waals surface area contributed by atoms with Gasteiger partial charge in [-0.25, -0.2) is 0 Å². The molecule has 2 aromatic rings. The molecule has 0 unspecified atom stereocenters. The standard InChI is InChI=1S/C22H32N4O2/c1-22(2,3)15-19-24-20(25-28-19)17-5-7-18(8-6-17)21(27)26-13-10-16(11-14-26)9-12-23-4/h5-8,16,23H,9-15H2,1-4H3. The largest absolute Gasteiger partial charge is 0.339 e. The summed E-state index contributed by atoms with van der Waals surface area (Å²) in [5.41, 5.74) is 1.68. The van der Waals surface area contributed by atoms with Crippen LogP contribution in [-0.2, 0) is 6.42 Å². The molecule has 0 aliphatic carbocycles. The Labute approximate surface area is 167 Å². The van der Waals surface area contributed by atoms with Crippen molar-refractivity contribution in [3.05, 3.63) is 35.7 Å². The first-order valence-corrected chi connectivity index (χ1v) is 10.2. The van der Waals surface area contributed by atoms with Gasteiger partial charge >= 0.3 is 0 Å². The van der Waals surface area contributed by atoms with Crippen molar-refractivity contribution < 1.29 is 9.32 Å². The minimum absolute atomic E-state index is 0.0978. The molecule has 1 N–H and O–H groups in total. The predicted molar refractivity (Wildman–Crippen MR) is 110 cm³/mol. The van der Waals surface area contributed by atoms with Gasteiger partial charge in [0, 0.05) is 30.6 Å². The van der Waals surface area contributed by atoms with Gasteiger partial charge in [0.25, 0.3) is 5.91 Å². The summed E-state index contributed by atoms with van der Waals surface area (Å²) in [5.74, 6) is 2.05. The van der Waals surface area contributed by atoms with Crippen molar-refractivity contribution >= 4 is 5.91 Å². The second-order valence-electron chi connectivity index (χ2n) is 8.95. The molecular formula is C22H32N4O2. The van der Waals surface area contributed by atoms with Crippen molar-refractivity contribution in [1.82, 2.24) is 20.4 Å². The number of piperidine rings is 1. The van der Waals surface area contributed by atoms with Crippen LogP contribution in [0.5, 0.6) is 0 Å². The molecule has 0 bridgehead atoms. The Morgan fingerprint density at radius 2 is 1.89 bits per heavy atom. The molecule has 6 heteroatoms. The van der Waals surface area contributed by atoms with E-state index in [4.69, 9.17) is 4.52 Å². The molecular weight excluding hydrogens is 352 g/mol. The first-order chi connectivity index (χ1) is 13.4. The lowest BCUT2D eigenvalue weighted by Gasteiger charge is -2.32.